The van der Waals surface area contributed by atoms with Gasteiger partial charge in [-0.05, 0) is 25.1 Å². The molecule has 3 rings (SSSR count). The number of amides is 1. The van der Waals surface area contributed by atoms with Gasteiger partial charge in [-0.1, -0.05) is 18.2 Å². The number of fused-ring (bicyclic) bond motifs is 1. The number of nitrogens with one attached hydrogen (secondary N) is 1. The first-order valence-corrected chi connectivity index (χ1v) is 9.66. The Morgan fingerprint density at radius 3 is 2.70 bits per heavy atom. The smallest absolute Gasteiger partial charge is 0.375 e. The number of esters is 1. The van der Waals surface area contributed by atoms with E-state index in [-0.39, 0.29) is 11.8 Å². The van der Waals surface area contributed by atoms with Crippen LogP contribution >= 0.6 is 0 Å². The van der Waals surface area contributed by atoms with E-state index in [1.807, 2.05) is 24.3 Å². The van der Waals surface area contributed by atoms with E-state index in [9.17, 15) is 18.0 Å². The van der Waals surface area contributed by atoms with Gasteiger partial charge in [-0.15, -0.1) is 0 Å². The molecule has 1 aliphatic heterocycles. The van der Waals surface area contributed by atoms with Gasteiger partial charge in [0.25, 0.3) is 15.9 Å². The maximum absolute atomic E-state index is 12.4. The molecule has 0 spiro atoms. The summed E-state index contributed by atoms with van der Waals surface area (Å²) in [4.78, 5) is 24.4. The van der Waals surface area contributed by atoms with Crippen molar-refractivity contribution in [3.63, 3.8) is 0 Å². The van der Waals surface area contributed by atoms with Crippen molar-refractivity contribution < 1.29 is 31.9 Å². The number of hydrogen-bond acceptors (Lipinski definition) is 7. The Bertz CT molecular complexity index is 967. The van der Waals surface area contributed by atoms with E-state index < -0.39 is 33.1 Å². The highest BCUT2D eigenvalue weighted by atomic mass is 32.2. The number of sulfonamides is 1. The van der Waals surface area contributed by atoms with Crippen LogP contribution < -0.4 is 15.2 Å². The first-order valence-electron chi connectivity index (χ1n) is 8.11. The molecule has 1 aromatic carbocycles. The van der Waals surface area contributed by atoms with Gasteiger partial charge in [0.15, 0.2) is 6.10 Å². The van der Waals surface area contributed by atoms with E-state index >= 15 is 0 Å². The quantitative estimate of drug-likeness (QED) is 0.725. The van der Waals surface area contributed by atoms with Gasteiger partial charge in [-0.3, -0.25) is 4.79 Å². The predicted molar refractivity (Wildman–Crippen MR) is 92.4 cm³/mol. The summed E-state index contributed by atoms with van der Waals surface area (Å²) < 4.78 is 37.8. The molecule has 27 heavy (non-hydrogen) atoms. The number of para-hydroxylation sites is 1. The largest absolute Gasteiger partial charge is 0.493 e. The number of carbonyl (C=O) groups excluding carboxylic acids is 2. The molecule has 2 aromatic rings. The fraction of sp³-hybridized carbons (Fsp3) is 0.294. The van der Waals surface area contributed by atoms with Crippen molar-refractivity contribution in [2.75, 3.05) is 6.61 Å². The van der Waals surface area contributed by atoms with Crippen LogP contribution in [0, 0.1) is 0 Å². The predicted octanol–water partition coefficient (Wildman–Crippen LogP) is 1.11. The number of furan rings is 1. The number of primary sulfonamides is 1. The first-order chi connectivity index (χ1) is 12.8. The third kappa shape index (κ3) is 4.29. The van der Waals surface area contributed by atoms with Crippen LogP contribution in [0.15, 0.2) is 45.9 Å². The molecule has 0 fully saturated rings. The molecular formula is C17H18N2O7S. The van der Waals surface area contributed by atoms with Gasteiger partial charge in [0.2, 0.25) is 10.9 Å². The lowest BCUT2D eigenvalue weighted by Gasteiger charge is -2.27. The molecule has 144 valence electrons. The Balaban J connectivity index is 1.63. The molecule has 1 aliphatic rings. The minimum atomic E-state index is -4.07. The van der Waals surface area contributed by atoms with Gasteiger partial charge in [-0.25, -0.2) is 18.4 Å². The van der Waals surface area contributed by atoms with E-state index in [4.69, 9.17) is 19.0 Å². The zero-order valence-corrected chi connectivity index (χ0v) is 15.2. The summed E-state index contributed by atoms with van der Waals surface area (Å²) in [6, 6.07) is 9.24. The van der Waals surface area contributed by atoms with Crippen molar-refractivity contribution in [2.45, 2.75) is 30.6 Å². The normalized spacial score (nSPS) is 17.3. The van der Waals surface area contributed by atoms with Gasteiger partial charge < -0.3 is 19.2 Å². The molecule has 0 aliphatic carbocycles. The second-order valence-corrected chi connectivity index (χ2v) is 7.44. The maximum atomic E-state index is 12.4. The van der Waals surface area contributed by atoms with Crippen molar-refractivity contribution in [3.05, 3.63) is 47.7 Å². The van der Waals surface area contributed by atoms with E-state index in [2.05, 4.69) is 5.32 Å². The lowest BCUT2D eigenvalue weighted by molar-refractivity contribution is -0.130. The first kappa shape index (κ1) is 18.9. The Hall–Kier alpha value is -2.85. The summed E-state index contributed by atoms with van der Waals surface area (Å²) in [6.45, 7) is 1.86. The molecule has 2 heterocycles. The van der Waals surface area contributed by atoms with Gasteiger partial charge in [0.05, 0.1) is 12.6 Å². The number of rotatable bonds is 5. The van der Waals surface area contributed by atoms with Crippen molar-refractivity contribution in [1.82, 2.24) is 5.32 Å². The Kier molecular flexibility index (Phi) is 5.19. The highest BCUT2D eigenvalue weighted by Gasteiger charge is 2.27. The van der Waals surface area contributed by atoms with Crippen molar-refractivity contribution in [2.24, 2.45) is 5.14 Å². The molecule has 2 unspecified atom stereocenters. The molecule has 0 saturated heterocycles. The fourth-order valence-corrected chi connectivity index (χ4v) is 3.10. The van der Waals surface area contributed by atoms with E-state index in [0.29, 0.717) is 18.8 Å². The topological polar surface area (TPSA) is 138 Å². The zero-order chi connectivity index (χ0) is 19.6. The minimum absolute atomic E-state index is 0.263. The molecule has 0 saturated carbocycles. The second-order valence-electron chi connectivity index (χ2n) is 5.95. The number of carbonyl (C=O) groups is 2. The molecule has 0 radical (unpaired) electrons. The van der Waals surface area contributed by atoms with Gasteiger partial charge >= 0.3 is 5.97 Å². The molecular weight excluding hydrogens is 376 g/mol. The van der Waals surface area contributed by atoms with E-state index in [0.717, 1.165) is 17.7 Å². The summed E-state index contributed by atoms with van der Waals surface area (Å²) in [6.07, 6.45) is -0.533. The number of benzene rings is 1. The lowest BCUT2D eigenvalue weighted by Crippen LogP contribution is -2.39. The van der Waals surface area contributed by atoms with Crippen LogP contribution in [0.25, 0.3) is 0 Å². The number of nitrogens with two attached hydrogens (primary N) is 1. The monoisotopic (exact) mass is 394 g/mol. The van der Waals surface area contributed by atoms with Crippen LogP contribution in [0.2, 0.25) is 0 Å². The number of ether oxygens (including phenoxy) is 2. The van der Waals surface area contributed by atoms with Crippen LogP contribution in [-0.2, 0) is 19.6 Å². The van der Waals surface area contributed by atoms with Crippen LogP contribution in [0.1, 0.15) is 35.5 Å². The molecule has 0 bridgehead atoms. The maximum Gasteiger partial charge on any atom is 0.375 e. The molecule has 2 atom stereocenters. The van der Waals surface area contributed by atoms with Crippen LogP contribution in [0.3, 0.4) is 0 Å². The van der Waals surface area contributed by atoms with Crippen molar-refractivity contribution in [3.8, 4) is 5.75 Å². The summed E-state index contributed by atoms with van der Waals surface area (Å²) >= 11 is 0. The average molecular weight is 394 g/mol. The SMILES string of the molecule is CC(OC(=O)c1ccc(S(N)(=O)=O)o1)C(=O)NC1CCOc2ccccc21. The number of hydrogen-bond donors (Lipinski definition) is 2. The highest BCUT2D eigenvalue weighted by Crippen LogP contribution is 2.31. The van der Waals surface area contributed by atoms with Crippen LogP contribution in [-0.4, -0.2) is 33.0 Å². The summed E-state index contributed by atoms with van der Waals surface area (Å²) in [7, 11) is -4.07. The van der Waals surface area contributed by atoms with Gasteiger partial charge in [0.1, 0.15) is 5.75 Å². The Labute approximate surface area is 155 Å². The Morgan fingerprint density at radius 1 is 1.26 bits per heavy atom. The molecule has 1 aromatic heterocycles. The summed E-state index contributed by atoms with van der Waals surface area (Å²) in [5.41, 5.74) is 0.847. The third-order valence-corrected chi connectivity index (χ3v) is 4.77. The second kappa shape index (κ2) is 7.41. The third-order valence-electron chi connectivity index (χ3n) is 3.99. The standard InChI is InChI=1S/C17H18N2O7S/c1-10(25-17(21)14-6-7-15(26-14)27(18,22)23)16(20)19-12-8-9-24-13-5-3-2-4-11(12)13/h2-7,10,12H,8-9H2,1H3,(H,19,20)(H2,18,22,23). The zero-order valence-electron chi connectivity index (χ0n) is 14.4. The summed E-state index contributed by atoms with van der Waals surface area (Å²) in [5.74, 6) is -1.14. The van der Waals surface area contributed by atoms with Crippen molar-refractivity contribution >= 4 is 21.9 Å². The molecule has 3 N–H and O–H groups in total. The van der Waals surface area contributed by atoms with Gasteiger partial charge in [0, 0.05) is 12.0 Å². The molecule has 10 heteroatoms. The molecule has 9 nitrogen and oxygen atoms in total. The van der Waals surface area contributed by atoms with Crippen LogP contribution in [0.5, 0.6) is 5.75 Å². The van der Waals surface area contributed by atoms with Gasteiger partial charge in [-0.2, -0.15) is 0 Å². The minimum Gasteiger partial charge on any atom is -0.493 e. The average Bonchev–Trinajstić information content (AvgIpc) is 3.12. The molecule has 1 amide bonds. The van der Waals surface area contributed by atoms with E-state index in [1.54, 1.807) is 0 Å². The Morgan fingerprint density at radius 2 is 2.00 bits per heavy atom. The highest BCUT2D eigenvalue weighted by molar-refractivity contribution is 7.89. The van der Waals surface area contributed by atoms with Crippen LogP contribution in [0.4, 0.5) is 0 Å². The lowest BCUT2D eigenvalue weighted by atomic mass is 10.0. The fourth-order valence-electron chi connectivity index (χ4n) is 2.64. The van der Waals surface area contributed by atoms with E-state index in [1.165, 1.54) is 6.92 Å². The van der Waals surface area contributed by atoms with Crippen molar-refractivity contribution in [1.29, 1.82) is 0 Å². The summed E-state index contributed by atoms with van der Waals surface area (Å²) in [5, 5.41) is 7.17.